The average molecular weight is 261 g/mol. The van der Waals surface area contributed by atoms with Crippen LogP contribution in [0.1, 0.15) is 5.56 Å². The lowest BCUT2D eigenvalue weighted by molar-refractivity contribution is 0.246. The lowest BCUT2D eigenvalue weighted by Crippen LogP contribution is -2.41. The Bertz CT molecular complexity index is 574. The molecule has 2 amide bonds. The lowest BCUT2D eigenvalue weighted by atomic mass is 10.1. The molecule has 1 aliphatic heterocycles. The summed E-state index contributed by atoms with van der Waals surface area (Å²) in [6.07, 6.45) is 0. The highest BCUT2D eigenvalue weighted by atomic mass is 16.2. The molecule has 0 unspecified atom stereocenters. The van der Waals surface area contributed by atoms with Crippen molar-refractivity contribution in [3.63, 3.8) is 0 Å². The molecule has 1 aliphatic rings. The number of carbonyl (C=O) groups is 1. The van der Waals surface area contributed by atoms with Crippen molar-refractivity contribution in [3.8, 4) is 0 Å². The number of anilines is 1. The molecular formula is C11H15N7O. The molecule has 1 aromatic carbocycles. The number of hydrogen-bond acceptors (Lipinski definition) is 2. The van der Waals surface area contributed by atoms with E-state index in [0.29, 0.717) is 17.9 Å². The van der Waals surface area contributed by atoms with E-state index in [4.69, 9.17) is 17.2 Å². The Morgan fingerprint density at radius 3 is 2.79 bits per heavy atom. The number of nitrogens with two attached hydrogens (primary N) is 3. The van der Waals surface area contributed by atoms with Crippen LogP contribution in [-0.2, 0) is 6.54 Å². The van der Waals surface area contributed by atoms with Crippen molar-refractivity contribution in [3.05, 3.63) is 23.8 Å². The zero-order valence-electron chi connectivity index (χ0n) is 10.4. The van der Waals surface area contributed by atoms with E-state index < -0.39 is 0 Å². The summed E-state index contributed by atoms with van der Waals surface area (Å²) in [6, 6.07) is 5.27. The highest BCUT2D eigenvalue weighted by Gasteiger charge is 2.22. The van der Waals surface area contributed by atoms with Gasteiger partial charge in [0.1, 0.15) is 0 Å². The average Bonchev–Trinajstić information content (AvgIpc) is 2.33. The van der Waals surface area contributed by atoms with Gasteiger partial charge < -0.3 is 22.5 Å². The largest absolute Gasteiger partial charge is 0.370 e. The van der Waals surface area contributed by atoms with Gasteiger partial charge in [0, 0.05) is 13.6 Å². The predicted octanol–water partition coefficient (Wildman–Crippen LogP) is -0.434. The number of nitrogens with one attached hydrogen (secondary N) is 1. The number of para-hydroxylation sites is 1. The van der Waals surface area contributed by atoms with Crippen LogP contribution in [0.15, 0.2) is 28.2 Å². The van der Waals surface area contributed by atoms with Crippen LogP contribution in [-0.4, -0.2) is 25.0 Å². The molecule has 0 fully saturated rings. The molecule has 0 radical (unpaired) electrons. The molecule has 2 rings (SSSR count). The number of guanidine groups is 2. The molecule has 8 heteroatoms. The summed E-state index contributed by atoms with van der Waals surface area (Å²) in [4.78, 5) is 20.9. The standard InChI is InChI=1S/C11H15N7O/c1-18-8-6(5-15-11(18)19)3-2-4-7(8)16-10(14)17-9(12)13/h2-4H,5H2,1H3,(H,15,19)(H6,12,13,14,16,17). The van der Waals surface area contributed by atoms with Crippen LogP contribution in [0.5, 0.6) is 0 Å². The lowest BCUT2D eigenvalue weighted by Gasteiger charge is -2.27. The first-order valence-corrected chi connectivity index (χ1v) is 5.56. The van der Waals surface area contributed by atoms with Gasteiger partial charge in [0.2, 0.25) is 5.96 Å². The number of rotatable bonds is 1. The van der Waals surface area contributed by atoms with Gasteiger partial charge in [0.15, 0.2) is 5.96 Å². The Balaban J connectivity index is 2.49. The van der Waals surface area contributed by atoms with Crippen molar-refractivity contribution in [2.75, 3.05) is 11.9 Å². The van der Waals surface area contributed by atoms with Gasteiger partial charge in [0.25, 0.3) is 0 Å². The molecule has 8 nitrogen and oxygen atoms in total. The number of benzene rings is 1. The molecule has 0 spiro atoms. The second-order valence-electron chi connectivity index (χ2n) is 4.01. The third-order valence-electron chi connectivity index (χ3n) is 2.65. The minimum absolute atomic E-state index is 0.0622. The van der Waals surface area contributed by atoms with Gasteiger partial charge in [0.05, 0.1) is 11.4 Å². The van der Waals surface area contributed by atoms with Crippen molar-refractivity contribution in [2.45, 2.75) is 6.54 Å². The summed E-state index contributed by atoms with van der Waals surface area (Å²) in [7, 11) is 1.66. The summed E-state index contributed by atoms with van der Waals surface area (Å²) in [5.74, 6) is -0.232. The zero-order valence-corrected chi connectivity index (χ0v) is 10.4. The zero-order chi connectivity index (χ0) is 14.0. The van der Waals surface area contributed by atoms with E-state index in [0.717, 1.165) is 5.56 Å². The highest BCUT2D eigenvalue weighted by molar-refractivity contribution is 6.00. The molecule has 0 aliphatic carbocycles. The second-order valence-corrected chi connectivity index (χ2v) is 4.01. The Morgan fingerprint density at radius 1 is 1.37 bits per heavy atom. The van der Waals surface area contributed by atoms with Gasteiger partial charge in [-0.05, 0) is 11.6 Å². The van der Waals surface area contributed by atoms with E-state index in [1.165, 1.54) is 4.90 Å². The monoisotopic (exact) mass is 261 g/mol. The molecule has 1 aromatic rings. The number of nitrogens with zero attached hydrogens (tertiary/aromatic N) is 3. The van der Waals surface area contributed by atoms with Crippen molar-refractivity contribution in [1.82, 2.24) is 5.32 Å². The van der Waals surface area contributed by atoms with Crippen LogP contribution in [0, 0.1) is 0 Å². The first-order valence-electron chi connectivity index (χ1n) is 5.56. The normalized spacial score (nSPS) is 14.7. The van der Waals surface area contributed by atoms with E-state index >= 15 is 0 Å². The number of fused-ring (bicyclic) bond motifs is 1. The van der Waals surface area contributed by atoms with Crippen molar-refractivity contribution >= 4 is 29.3 Å². The summed E-state index contributed by atoms with van der Waals surface area (Å²) < 4.78 is 0. The maximum Gasteiger partial charge on any atom is 0.321 e. The van der Waals surface area contributed by atoms with Gasteiger partial charge in [-0.3, -0.25) is 4.90 Å². The Kier molecular flexibility index (Phi) is 3.23. The maximum absolute atomic E-state index is 11.6. The fourth-order valence-electron chi connectivity index (χ4n) is 1.87. The number of amides is 2. The molecule has 19 heavy (non-hydrogen) atoms. The van der Waals surface area contributed by atoms with Gasteiger partial charge in [-0.15, -0.1) is 0 Å². The predicted molar refractivity (Wildman–Crippen MR) is 74.2 cm³/mol. The van der Waals surface area contributed by atoms with Gasteiger partial charge in [-0.1, -0.05) is 12.1 Å². The first kappa shape index (κ1) is 12.7. The van der Waals surface area contributed by atoms with Crippen LogP contribution in [0.4, 0.5) is 16.2 Å². The molecule has 0 saturated carbocycles. The van der Waals surface area contributed by atoms with Crippen molar-refractivity contribution in [1.29, 1.82) is 0 Å². The number of aliphatic imine (C=N–C) groups is 2. The van der Waals surface area contributed by atoms with Crippen LogP contribution in [0.3, 0.4) is 0 Å². The maximum atomic E-state index is 11.6. The molecule has 7 N–H and O–H groups in total. The van der Waals surface area contributed by atoms with E-state index in [9.17, 15) is 4.79 Å². The molecule has 1 heterocycles. The molecule has 0 saturated heterocycles. The van der Waals surface area contributed by atoms with Crippen LogP contribution < -0.4 is 27.4 Å². The van der Waals surface area contributed by atoms with E-state index in [-0.39, 0.29) is 18.0 Å². The Hall–Kier alpha value is -2.77. The smallest absolute Gasteiger partial charge is 0.321 e. The fourth-order valence-corrected chi connectivity index (χ4v) is 1.87. The molecule has 100 valence electrons. The summed E-state index contributed by atoms with van der Waals surface area (Å²) in [5, 5.41) is 2.74. The Labute approximate surface area is 110 Å². The highest BCUT2D eigenvalue weighted by Crippen LogP contribution is 2.33. The summed E-state index contributed by atoms with van der Waals surface area (Å²) >= 11 is 0. The summed E-state index contributed by atoms with van der Waals surface area (Å²) in [6.45, 7) is 0.448. The van der Waals surface area contributed by atoms with E-state index in [2.05, 4.69) is 15.3 Å². The first-order chi connectivity index (χ1) is 8.99. The third kappa shape index (κ3) is 2.57. The van der Waals surface area contributed by atoms with Crippen molar-refractivity contribution < 1.29 is 4.79 Å². The van der Waals surface area contributed by atoms with Gasteiger partial charge in [-0.25, -0.2) is 9.79 Å². The quantitative estimate of drug-likeness (QED) is 0.402. The van der Waals surface area contributed by atoms with Crippen LogP contribution in [0.2, 0.25) is 0 Å². The van der Waals surface area contributed by atoms with Crippen LogP contribution in [0.25, 0.3) is 0 Å². The third-order valence-corrected chi connectivity index (χ3v) is 2.65. The second kappa shape index (κ2) is 4.84. The minimum atomic E-state index is -0.199. The molecule has 0 aromatic heterocycles. The van der Waals surface area contributed by atoms with E-state index in [1.54, 1.807) is 13.1 Å². The summed E-state index contributed by atoms with van der Waals surface area (Å²) in [5.41, 5.74) is 18.2. The number of hydrogen-bond donors (Lipinski definition) is 4. The molecular weight excluding hydrogens is 246 g/mol. The SMILES string of the molecule is CN1C(=O)NCc2cccc(N=C(N)N=C(N)N)c21. The molecule has 0 bridgehead atoms. The Morgan fingerprint density at radius 2 is 2.11 bits per heavy atom. The van der Waals surface area contributed by atoms with Gasteiger partial charge in [-0.2, -0.15) is 4.99 Å². The number of carbonyl (C=O) groups excluding carboxylic acids is 1. The minimum Gasteiger partial charge on any atom is -0.370 e. The number of urea groups is 1. The van der Waals surface area contributed by atoms with E-state index in [1.807, 2.05) is 12.1 Å². The van der Waals surface area contributed by atoms with Crippen LogP contribution >= 0.6 is 0 Å². The van der Waals surface area contributed by atoms with Gasteiger partial charge >= 0.3 is 6.03 Å². The topological polar surface area (TPSA) is 135 Å². The van der Waals surface area contributed by atoms with Crippen molar-refractivity contribution in [2.24, 2.45) is 27.2 Å². The fraction of sp³-hybridized carbons (Fsp3) is 0.182. The molecule has 0 atom stereocenters.